The van der Waals surface area contributed by atoms with Crippen molar-refractivity contribution in [3.05, 3.63) is 191 Å². The van der Waals surface area contributed by atoms with Gasteiger partial charge in [-0.05, 0) is 101 Å². The van der Waals surface area contributed by atoms with Crippen LogP contribution in [0.1, 0.15) is 64.6 Å². The second-order valence-corrected chi connectivity index (χ2v) is 12.6. The van der Waals surface area contributed by atoms with Crippen LogP contribution in [-0.2, 0) is 16.8 Å². The molecule has 0 aliphatic heterocycles. The van der Waals surface area contributed by atoms with Crippen molar-refractivity contribution in [1.29, 1.82) is 0 Å². The molecular weight excluding hydrogens is 625 g/mol. The highest BCUT2D eigenvalue weighted by atomic mass is 16.5. The van der Waals surface area contributed by atoms with Crippen molar-refractivity contribution in [1.82, 2.24) is 0 Å². The van der Waals surface area contributed by atoms with Gasteiger partial charge in [0.15, 0.2) is 0 Å². The van der Waals surface area contributed by atoms with E-state index >= 15 is 0 Å². The molecule has 0 heterocycles. The van der Waals surface area contributed by atoms with Gasteiger partial charge in [0.25, 0.3) is 0 Å². The molecule has 0 aromatic heterocycles. The quantitative estimate of drug-likeness (QED) is 0.111. The number of ether oxygens (including phenoxy) is 1. The third kappa shape index (κ3) is 5.23. The van der Waals surface area contributed by atoms with Gasteiger partial charge in [-0.25, -0.2) is 0 Å². The van der Waals surface area contributed by atoms with Gasteiger partial charge in [0.2, 0.25) is 0 Å². The van der Waals surface area contributed by atoms with Crippen LogP contribution in [0.25, 0.3) is 56.7 Å². The first-order valence-electron chi connectivity index (χ1n) is 17.4. The Labute approximate surface area is 300 Å². The smallest absolute Gasteiger partial charge is 0.128 e. The summed E-state index contributed by atoms with van der Waals surface area (Å²) in [6.45, 7) is 13.1. The number of nitrogens with two attached hydrogens (primary N) is 2. The predicted octanol–water partition coefficient (Wildman–Crippen LogP) is 10.6. The van der Waals surface area contributed by atoms with E-state index in [4.69, 9.17) is 16.2 Å². The molecule has 0 bridgehead atoms. The minimum absolute atomic E-state index is 0.439. The highest BCUT2D eigenvalue weighted by Gasteiger charge is 2.52. The number of aliphatic hydroxyl groups excluding tert-OH is 1. The fraction of sp³-hybridized carbons (Fsp3) is 0.106. The average molecular weight is 667 g/mol. The van der Waals surface area contributed by atoms with Gasteiger partial charge in [-0.2, -0.15) is 0 Å². The summed E-state index contributed by atoms with van der Waals surface area (Å²) in [5.41, 5.74) is 28.7. The fourth-order valence-corrected chi connectivity index (χ4v) is 8.04. The van der Waals surface area contributed by atoms with Gasteiger partial charge in [0, 0.05) is 6.20 Å². The standard InChI is InChI=1S/C45H36N2O2.C2H6/c1-3-33-34(4-2)43-37-22-21-32(29-17-19-31(20-18-29)44(47)48)25-41(37)45(39-11-7-5-9-35(39)36-10-6-8-12-40(36)45)42(43)26-38(33)30-15-13-28(14-16-30)27-49-24-23-46;1-2/h3-26,44,48H,1-2,27,46-47H2;1-2H3/b24-23-;. The second kappa shape index (κ2) is 13.8. The number of fused-ring (bicyclic) bond motifs is 10. The Morgan fingerprint density at radius 3 is 1.82 bits per heavy atom. The minimum atomic E-state index is -1.01. The van der Waals surface area contributed by atoms with Crippen molar-refractivity contribution < 1.29 is 9.84 Å². The monoisotopic (exact) mass is 666 g/mol. The molecular formula is C47H42N2O2. The lowest BCUT2D eigenvalue weighted by molar-refractivity contribution is 0.186. The summed E-state index contributed by atoms with van der Waals surface area (Å²) in [7, 11) is 0. The van der Waals surface area contributed by atoms with E-state index in [2.05, 4.69) is 110 Å². The summed E-state index contributed by atoms with van der Waals surface area (Å²) < 4.78 is 5.53. The molecule has 5 N–H and O–H groups in total. The molecule has 1 spiro atoms. The van der Waals surface area contributed by atoms with Gasteiger partial charge in [-0.1, -0.05) is 148 Å². The van der Waals surface area contributed by atoms with Crippen LogP contribution in [0, 0.1) is 0 Å². The van der Waals surface area contributed by atoms with Gasteiger partial charge in [0.05, 0.1) is 11.7 Å². The summed E-state index contributed by atoms with van der Waals surface area (Å²) in [5, 5.41) is 9.94. The summed E-state index contributed by atoms with van der Waals surface area (Å²) in [6, 6.07) is 43.2. The SMILES string of the molecule is C=Cc1c(-c2ccc(CO/C=C\N)cc2)cc2c(c1C=C)-c1ccc(-c3ccc(C(N)O)cc3)cc1C21c2ccccc2-c2ccccc21.CC. The zero-order chi connectivity index (χ0) is 35.7. The molecule has 4 nitrogen and oxygen atoms in total. The molecule has 2 aliphatic carbocycles. The van der Waals surface area contributed by atoms with Gasteiger partial charge in [-0.3, -0.25) is 0 Å². The molecule has 1 atom stereocenters. The van der Waals surface area contributed by atoms with Crippen LogP contribution in [0.2, 0.25) is 0 Å². The van der Waals surface area contributed by atoms with Gasteiger partial charge in [0.1, 0.15) is 12.8 Å². The lowest BCUT2D eigenvalue weighted by atomic mass is 9.69. The lowest BCUT2D eigenvalue weighted by Gasteiger charge is -2.31. The molecule has 6 aromatic rings. The van der Waals surface area contributed by atoms with Crippen molar-refractivity contribution >= 4 is 12.2 Å². The Kier molecular flexibility index (Phi) is 9.05. The van der Waals surface area contributed by atoms with E-state index < -0.39 is 11.6 Å². The van der Waals surface area contributed by atoms with Crippen molar-refractivity contribution in [2.45, 2.75) is 32.1 Å². The lowest BCUT2D eigenvalue weighted by Crippen LogP contribution is -2.26. The van der Waals surface area contributed by atoms with E-state index in [0.717, 1.165) is 38.9 Å². The Morgan fingerprint density at radius 1 is 0.647 bits per heavy atom. The fourth-order valence-electron chi connectivity index (χ4n) is 8.04. The third-order valence-electron chi connectivity index (χ3n) is 10.1. The molecule has 0 saturated carbocycles. The number of rotatable bonds is 8. The molecule has 0 radical (unpaired) electrons. The summed E-state index contributed by atoms with van der Waals surface area (Å²) in [5.74, 6) is 0. The van der Waals surface area contributed by atoms with Gasteiger partial charge in [-0.15, -0.1) is 0 Å². The van der Waals surface area contributed by atoms with Crippen LogP contribution in [0.4, 0.5) is 0 Å². The van der Waals surface area contributed by atoms with Crippen LogP contribution in [0.15, 0.2) is 147 Å². The molecule has 0 fully saturated rings. The second-order valence-electron chi connectivity index (χ2n) is 12.6. The zero-order valence-electron chi connectivity index (χ0n) is 29.1. The molecule has 0 saturated heterocycles. The first-order chi connectivity index (χ1) is 25.0. The number of benzene rings is 6. The molecule has 51 heavy (non-hydrogen) atoms. The first kappa shape index (κ1) is 33.6. The zero-order valence-corrected chi connectivity index (χ0v) is 29.1. The van der Waals surface area contributed by atoms with Crippen LogP contribution >= 0.6 is 0 Å². The van der Waals surface area contributed by atoms with Crippen LogP contribution in [0.3, 0.4) is 0 Å². The third-order valence-corrected chi connectivity index (χ3v) is 10.1. The van der Waals surface area contributed by atoms with E-state index in [0.29, 0.717) is 12.2 Å². The Hall–Kier alpha value is -5.94. The molecule has 2 aliphatic rings. The number of hydrogen-bond donors (Lipinski definition) is 3. The van der Waals surface area contributed by atoms with E-state index in [9.17, 15) is 5.11 Å². The number of aliphatic hydroxyl groups is 1. The maximum absolute atomic E-state index is 9.94. The largest absolute Gasteiger partial charge is 0.495 e. The Balaban J connectivity index is 0.00000200. The summed E-state index contributed by atoms with van der Waals surface area (Å²) >= 11 is 0. The van der Waals surface area contributed by atoms with E-state index in [1.54, 1.807) is 0 Å². The van der Waals surface area contributed by atoms with E-state index in [1.807, 2.05) is 50.3 Å². The highest BCUT2D eigenvalue weighted by molar-refractivity contribution is 6.01. The van der Waals surface area contributed by atoms with Crippen LogP contribution in [-0.4, -0.2) is 5.11 Å². The first-order valence-corrected chi connectivity index (χ1v) is 17.4. The van der Waals surface area contributed by atoms with Gasteiger partial charge < -0.3 is 21.3 Å². The number of hydrogen-bond acceptors (Lipinski definition) is 4. The Bertz CT molecular complexity index is 2250. The average Bonchev–Trinajstić information content (AvgIpc) is 3.65. The van der Waals surface area contributed by atoms with Crippen molar-refractivity contribution in [2.75, 3.05) is 0 Å². The Morgan fingerprint density at radius 2 is 1.24 bits per heavy atom. The van der Waals surface area contributed by atoms with Crippen molar-refractivity contribution in [3.63, 3.8) is 0 Å². The van der Waals surface area contributed by atoms with E-state index in [1.165, 1.54) is 57.0 Å². The van der Waals surface area contributed by atoms with Gasteiger partial charge >= 0.3 is 0 Å². The summed E-state index contributed by atoms with van der Waals surface area (Å²) in [6.07, 6.45) is 5.83. The molecule has 1 unspecified atom stereocenters. The molecule has 0 amide bonds. The van der Waals surface area contributed by atoms with E-state index in [-0.39, 0.29) is 0 Å². The van der Waals surface area contributed by atoms with Crippen LogP contribution < -0.4 is 11.5 Å². The highest BCUT2D eigenvalue weighted by Crippen LogP contribution is 2.64. The topological polar surface area (TPSA) is 81.5 Å². The molecule has 6 aromatic carbocycles. The molecule has 4 heteroatoms. The van der Waals surface area contributed by atoms with Crippen LogP contribution in [0.5, 0.6) is 0 Å². The maximum Gasteiger partial charge on any atom is 0.128 e. The maximum atomic E-state index is 9.94. The molecule has 252 valence electrons. The molecule has 8 rings (SSSR count). The van der Waals surface area contributed by atoms with Crippen molar-refractivity contribution in [2.24, 2.45) is 11.5 Å². The predicted molar refractivity (Wildman–Crippen MR) is 212 cm³/mol. The normalized spacial score (nSPS) is 13.4. The van der Waals surface area contributed by atoms with Crippen molar-refractivity contribution in [3.8, 4) is 44.5 Å². The minimum Gasteiger partial charge on any atom is -0.495 e. The summed E-state index contributed by atoms with van der Waals surface area (Å²) in [4.78, 5) is 0.